The molecule has 0 amide bonds. The van der Waals surface area contributed by atoms with E-state index in [0.29, 0.717) is 24.0 Å². The number of esters is 4. The van der Waals surface area contributed by atoms with E-state index in [-0.39, 0.29) is 38.4 Å². The molecule has 0 aromatic heterocycles. The first kappa shape index (κ1) is 39.0. The van der Waals surface area contributed by atoms with Gasteiger partial charge in [0.25, 0.3) is 0 Å². The van der Waals surface area contributed by atoms with Gasteiger partial charge in [-0.2, -0.15) is 0 Å². The molecule has 216 valence electrons. The van der Waals surface area contributed by atoms with Gasteiger partial charge in [0.15, 0.2) is 0 Å². The lowest BCUT2D eigenvalue weighted by Gasteiger charge is -2.05. The molecule has 0 aromatic rings. The molecule has 0 radical (unpaired) electrons. The highest BCUT2D eigenvalue weighted by Crippen LogP contribution is 2.25. The summed E-state index contributed by atoms with van der Waals surface area (Å²) in [5.41, 5.74) is 0.684. The monoisotopic (exact) mass is 554 g/mol. The van der Waals surface area contributed by atoms with Crippen molar-refractivity contribution in [2.75, 3.05) is 26.4 Å². The van der Waals surface area contributed by atoms with Gasteiger partial charge in [-0.05, 0) is 26.7 Å². The summed E-state index contributed by atoms with van der Waals surface area (Å²) in [4.78, 5) is 65.7. The maximum atomic E-state index is 11.1. The summed E-state index contributed by atoms with van der Waals surface area (Å²) in [5, 5.41) is 0. The van der Waals surface area contributed by atoms with Crippen LogP contribution in [-0.4, -0.2) is 65.0 Å². The minimum Gasteiger partial charge on any atom is -0.462 e. The Bertz CT molecular complexity index is 682. The molecule has 3 N–H and O–H groups in total. The Morgan fingerprint density at radius 2 is 0.892 bits per heavy atom. The van der Waals surface area contributed by atoms with Crippen molar-refractivity contribution < 1.29 is 57.4 Å². The van der Waals surface area contributed by atoms with Crippen LogP contribution in [-0.2, 0) is 42.7 Å². The van der Waals surface area contributed by atoms with Crippen LogP contribution < -0.4 is 0 Å². The van der Waals surface area contributed by atoms with Gasteiger partial charge in [-0.15, -0.1) is 0 Å². The lowest BCUT2D eigenvalue weighted by Crippen LogP contribution is -2.14. The Kier molecular flexibility index (Phi) is 26.5. The smallest absolute Gasteiger partial charge is 0.462 e. The zero-order valence-corrected chi connectivity index (χ0v) is 23.3. The van der Waals surface area contributed by atoms with Crippen LogP contribution in [0.25, 0.3) is 0 Å². The van der Waals surface area contributed by atoms with Gasteiger partial charge >= 0.3 is 31.7 Å². The summed E-state index contributed by atoms with van der Waals surface area (Å²) in [5.74, 6) is -1.39. The van der Waals surface area contributed by atoms with E-state index in [1.807, 2.05) is 0 Å². The minimum absolute atomic E-state index is 0.0885. The molecule has 0 spiro atoms. The van der Waals surface area contributed by atoms with Gasteiger partial charge in [-0.25, -0.2) is 14.2 Å². The van der Waals surface area contributed by atoms with Crippen molar-refractivity contribution in [2.45, 2.75) is 79.1 Å². The number of hydrogen-bond donors (Lipinski definition) is 3. The molecular formula is C24H43O12P. The molecule has 0 aliphatic carbocycles. The van der Waals surface area contributed by atoms with Gasteiger partial charge in [0, 0.05) is 24.0 Å². The fourth-order valence-corrected chi connectivity index (χ4v) is 2.01. The molecule has 13 heteroatoms. The van der Waals surface area contributed by atoms with Crippen molar-refractivity contribution in [3.8, 4) is 0 Å². The minimum atomic E-state index is -4.64. The third-order valence-corrected chi connectivity index (χ3v) is 3.82. The Hall–Kier alpha value is -2.53. The molecule has 0 aliphatic rings. The van der Waals surface area contributed by atoms with E-state index in [4.69, 9.17) is 38.2 Å². The van der Waals surface area contributed by atoms with E-state index in [2.05, 4.69) is 27.0 Å². The van der Waals surface area contributed by atoms with E-state index in [0.717, 1.165) is 38.5 Å². The zero-order valence-electron chi connectivity index (χ0n) is 22.4. The normalized spacial score (nSPS) is 9.92. The molecule has 0 saturated carbocycles. The molecule has 0 aromatic carbocycles. The predicted molar refractivity (Wildman–Crippen MR) is 136 cm³/mol. The average Bonchev–Trinajstić information content (AvgIpc) is 2.78. The highest BCUT2D eigenvalue weighted by atomic mass is 31.2. The first-order valence-corrected chi connectivity index (χ1v) is 13.5. The highest BCUT2D eigenvalue weighted by Gasteiger charge is 2.06. The van der Waals surface area contributed by atoms with Gasteiger partial charge in [-0.1, -0.05) is 52.7 Å². The summed E-state index contributed by atoms with van der Waals surface area (Å²) < 4.78 is 28.2. The molecular weight excluding hydrogens is 511 g/mol. The van der Waals surface area contributed by atoms with Crippen molar-refractivity contribution in [1.82, 2.24) is 0 Å². The van der Waals surface area contributed by atoms with Crippen LogP contribution in [0.4, 0.5) is 0 Å². The number of rotatable bonds is 16. The van der Waals surface area contributed by atoms with E-state index in [1.165, 1.54) is 0 Å². The van der Waals surface area contributed by atoms with Crippen LogP contribution in [0.2, 0.25) is 0 Å². The summed E-state index contributed by atoms with van der Waals surface area (Å²) in [6.07, 6.45) is 6.76. The van der Waals surface area contributed by atoms with E-state index < -0.39 is 19.8 Å². The average molecular weight is 555 g/mol. The SMILES string of the molecule is C=C(C)C(=O)OCCOC(=O)CCCCC.C=C(C)C(=O)OCCOC(=O)CCCCC.O=P(O)(O)O. The molecule has 0 fully saturated rings. The molecule has 0 bridgehead atoms. The lowest BCUT2D eigenvalue weighted by atomic mass is 10.2. The number of carbonyl (C=O) groups is 4. The van der Waals surface area contributed by atoms with Crippen LogP contribution in [0.3, 0.4) is 0 Å². The highest BCUT2D eigenvalue weighted by molar-refractivity contribution is 7.45. The largest absolute Gasteiger partial charge is 0.466 e. The molecule has 0 unspecified atom stereocenters. The predicted octanol–water partition coefficient (Wildman–Crippen LogP) is 3.53. The number of ether oxygens (including phenoxy) is 4. The number of unbranched alkanes of at least 4 members (excludes halogenated alkanes) is 4. The molecule has 0 saturated heterocycles. The molecule has 37 heavy (non-hydrogen) atoms. The van der Waals surface area contributed by atoms with Gasteiger partial charge in [0.05, 0.1) is 0 Å². The molecule has 0 heterocycles. The molecule has 0 rings (SSSR count). The fraction of sp³-hybridized carbons (Fsp3) is 0.667. The van der Waals surface area contributed by atoms with Crippen LogP contribution in [0, 0.1) is 0 Å². The summed E-state index contributed by atoms with van der Waals surface area (Å²) >= 11 is 0. The van der Waals surface area contributed by atoms with Gasteiger partial charge in [0.1, 0.15) is 26.4 Å². The van der Waals surface area contributed by atoms with E-state index in [9.17, 15) is 19.2 Å². The van der Waals surface area contributed by atoms with E-state index in [1.54, 1.807) is 13.8 Å². The fourth-order valence-electron chi connectivity index (χ4n) is 2.01. The first-order valence-electron chi connectivity index (χ1n) is 11.9. The second-order valence-corrected chi connectivity index (χ2v) is 8.73. The topological polar surface area (TPSA) is 183 Å². The van der Waals surface area contributed by atoms with Gasteiger partial charge in [-0.3, -0.25) is 9.59 Å². The first-order chi connectivity index (χ1) is 17.1. The summed E-state index contributed by atoms with van der Waals surface area (Å²) in [7, 11) is -4.64. The standard InChI is InChI=1S/2C12H20O4.H3O4P/c2*1-4-5-6-7-11(13)15-8-9-16-12(14)10(2)3;1-5(2,3)4/h2*2,4-9H2,1,3H3;(H3,1,2,3,4). The Morgan fingerprint density at radius 1 is 0.622 bits per heavy atom. The van der Waals surface area contributed by atoms with Crippen LogP contribution in [0.5, 0.6) is 0 Å². The quantitative estimate of drug-likeness (QED) is 0.0830. The molecule has 0 aliphatic heterocycles. The molecule has 12 nitrogen and oxygen atoms in total. The van der Waals surface area contributed by atoms with Crippen molar-refractivity contribution in [3.63, 3.8) is 0 Å². The van der Waals surface area contributed by atoms with Crippen LogP contribution in [0.15, 0.2) is 24.3 Å². The Morgan fingerprint density at radius 3 is 1.14 bits per heavy atom. The van der Waals surface area contributed by atoms with Crippen molar-refractivity contribution in [2.24, 2.45) is 0 Å². The number of phosphoric acid groups is 1. The lowest BCUT2D eigenvalue weighted by molar-refractivity contribution is -0.150. The van der Waals surface area contributed by atoms with Crippen molar-refractivity contribution >= 4 is 31.7 Å². The van der Waals surface area contributed by atoms with Crippen LogP contribution in [0.1, 0.15) is 79.1 Å². The van der Waals surface area contributed by atoms with Crippen LogP contribution >= 0.6 is 7.82 Å². The van der Waals surface area contributed by atoms with Gasteiger partial charge < -0.3 is 33.6 Å². The zero-order chi connectivity index (χ0) is 29.3. The van der Waals surface area contributed by atoms with E-state index >= 15 is 0 Å². The number of hydrogen-bond acceptors (Lipinski definition) is 9. The Balaban J connectivity index is -0.000000528. The third kappa shape index (κ3) is 38.2. The van der Waals surface area contributed by atoms with Gasteiger partial charge in [0.2, 0.25) is 0 Å². The number of carbonyl (C=O) groups excluding carboxylic acids is 4. The van der Waals surface area contributed by atoms with Crippen molar-refractivity contribution in [1.29, 1.82) is 0 Å². The summed E-state index contributed by atoms with van der Waals surface area (Å²) in [6, 6.07) is 0. The maximum Gasteiger partial charge on any atom is 0.466 e. The second kappa shape index (κ2) is 25.1. The maximum absolute atomic E-state index is 11.1. The van der Waals surface area contributed by atoms with Crippen molar-refractivity contribution in [3.05, 3.63) is 24.3 Å². The summed E-state index contributed by atoms with van der Waals surface area (Å²) in [6.45, 7) is 14.6. The second-order valence-electron chi connectivity index (χ2n) is 7.70. The molecule has 0 atom stereocenters. The third-order valence-electron chi connectivity index (χ3n) is 3.82. The Labute approximate surface area is 219 Å².